The van der Waals surface area contributed by atoms with Crippen molar-refractivity contribution in [3.8, 4) is 0 Å². The summed E-state index contributed by atoms with van der Waals surface area (Å²) in [6.45, 7) is -1.03. The van der Waals surface area contributed by atoms with Gasteiger partial charge in [0.25, 0.3) is 0 Å². The normalized spacial score (nSPS) is 49.2. The predicted molar refractivity (Wildman–Crippen MR) is 34.9 cm³/mol. The number of aliphatic hydroxyl groups excluding tert-OH is 4. The largest absolute Gasteiger partial charge is 0.387 e. The van der Waals surface area contributed by atoms with Gasteiger partial charge in [0.05, 0.1) is 0 Å². The van der Waals surface area contributed by atoms with E-state index >= 15 is 0 Å². The Hall–Kier alpha value is -0.270. The topological polar surface area (TPSA) is 90.2 Å². The maximum Gasteiger partial charge on any atom is 0.184 e. The highest BCUT2D eigenvalue weighted by Gasteiger charge is 2.42. The first-order valence-electron chi connectivity index (χ1n) is 3.51. The Balaban J connectivity index is 2.63. The lowest BCUT2D eigenvalue weighted by Crippen LogP contribution is -2.58. The van der Waals surface area contributed by atoms with Crippen LogP contribution in [0, 0.1) is 0 Å². The van der Waals surface area contributed by atoms with E-state index in [2.05, 4.69) is 4.74 Å². The van der Waals surface area contributed by atoms with Gasteiger partial charge in [-0.3, -0.25) is 0 Å². The van der Waals surface area contributed by atoms with Crippen molar-refractivity contribution in [3.63, 3.8) is 0 Å². The lowest BCUT2D eigenvalue weighted by molar-refractivity contribution is -0.283. The minimum absolute atomic E-state index is 1.03. The fraction of sp³-hybridized carbons (Fsp3) is 1.00. The van der Waals surface area contributed by atoms with Crippen molar-refractivity contribution >= 4 is 0 Å². The SMILES string of the molecule is OC1C(O)[C@H](O)OC(CF)[C@H]1O. The first kappa shape index (κ1) is 9.82. The fourth-order valence-electron chi connectivity index (χ4n) is 1.06. The molecule has 0 aliphatic carbocycles. The maximum absolute atomic E-state index is 12.0. The number of ether oxygens (including phenoxy) is 1. The Morgan fingerprint density at radius 2 is 1.58 bits per heavy atom. The molecule has 0 radical (unpaired) electrons. The molecular weight excluding hydrogens is 171 g/mol. The Kier molecular flexibility index (Phi) is 2.97. The van der Waals surface area contributed by atoms with Gasteiger partial charge in [-0.05, 0) is 0 Å². The highest BCUT2D eigenvalue weighted by Crippen LogP contribution is 2.19. The molecule has 1 heterocycles. The van der Waals surface area contributed by atoms with E-state index in [4.69, 9.17) is 20.4 Å². The van der Waals surface area contributed by atoms with Crippen molar-refractivity contribution < 1.29 is 29.6 Å². The fourth-order valence-corrected chi connectivity index (χ4v) is 1.06. The smallest absolute Gasteiger partial charge is 0.184 e. The van der Waals surface area contributed by atoms with Crippen LogP contribution in [0.5, 0.6) is 0 Å². The van der Waals surface area contributed by atoms with E-state index in [1.54, 1.807) is 0 Å². The lowest BCUT2D eigenvalue weighted by Gasteiger charge is -2.37. The van der Waals surface area contributed by atoms with Gasteiger partial charge in [-0.15, -0.1) is 0 Å². The molecule has 0 aromatic carbocycles. The van der Waals surface area contributed by atoms with E-state index in [0.717, 1.165) is 0 Å². The van der Waals surface area contributed by atoms with Gasteiger partial charge in [-0.2, -0.15) is 0 Å². The second-order valence-electron chi connectivity index (χ2n) is 2.69. The number of alkyl halides is 1. The monoisotopic (exact) mass is 182 g/mol. The Labute approximate surface area is 68.0 Å². The van der Waals surface area contributed by atoms with Gasteiger partial charge >= 0.3 is 0 Å². The van der Waals surface area contributed by atoms with Crippen LogP contribution in [0.3, 0.4) is 0 Å². The Morgan fingerprint density at radius 3 is 2.08 bits per heavy atom. The number of hydrogen-bond donors (Lipinski definition) is 4. The summed E-state index contributed by atoms with van der Waals surface area (Å²) in [4.78, 5) is 0. The van der Waals surface area contributed by atoms with Gasteiger partial charge in [0, 0.05) is 0 Å². The molecule has 1 fully saturated rings. The average molecular weight is 182 g/mol. The molecule has 5 atom stereocenters. The molecule has 3 unspecified atom stereocenters. The zero-order chi connectivity index (χ0) is 9.30. The van der Waals surface area contributed by atoms with Crippen molar-refractivity contribution in [2.75, 3.05) is 6.67 Å². The molecule has 1 rings (SSSR count). The number of rotatable bonds is 1. The average Bonchev–Trinajstić information content (AvgIpc) is 2.08. The van der Waals surface area contributed by atoms with E-state index in [-0.39, 0.29) is 0 Å². The molecule has 0 bridgehead atoms. The number of halogens is 1. The highest BCUT2D eigenvalue weighted by atomic mass is 19.1. The van der Waals surface area contributed by atoms with E-state index in [9.17, 15) is 4.39 Å². The summed E-state index contributed by atoms with van der Waals surface area (Å²) in [5.74, 6) is 0. The molecule has 0 aromatic heterocycles. The summed E-state index contributed by atoms with van der Waals surface area (Å²) >= 11 is 0. The van der Waals surface area contributed by atoms with Crippen LogP contribution in [0.2, 0.25) is 0 Å². The summed E-state index contributed by atoms with van der Waals surface area (Å²) in [6, 6.07) is 0. The van der Waals surface area contributed by atoms with Crippen molar-refractivity contribution in [1.29, 1.82) is 0 Å². The molecule has 12 heavy (non-hydrogen) atoms. The molecule has 0 aromatic rings. The summed E-state index contributed by atoms with van der Waals surface area (Å²) in [5.41, 5.74) is 0. The van der Waals surface area contributed by atoms with Crippen molar-refractivity contribution in [1.82, 2.24) is 0 Å². The van der Waals surface area contributed by atoms with E-state index in [1.807, 2.05) is 0 Å². The Bertz CT molecular complexity index is 150. The summed E-state index contributed by atoms with van der Waals surface area (Å²) in [7, 11) is 0. The third-order valence-electron chi connectivity index (χ3n) is 1.84. The van der Waals surface area contributed by atoms with Crippen LogP contribution in [0.15, 0.2) is 0 Å². The second kappa shape index (κ2) is 3.63. The summed E-state index contributed by atoms with van der Waals surface area (Å²) in [5, 5.41) is 35.8. The molecule has 0 saturated carbocycles. The minimum Gasteiger partial charge on any atom is -0.387 e. The third kappa shape index (κ3) is 1.57. The van der Waals surface area contributed by atoms with Crippen molar-refractivity contribution in [3.05, 3.63) is 0 Å². The molecule has 1 saturated heterocycles. The molecule has 6 heteroatoms. The quantitative estimate of drug-likeness (QED) is 0.368. The van der Waals surface area contributed by atoms with Gasteiger partial charge in [0.1, 0.15) is 31.1 Å². The molecular formula is C6H11FO5. The first-order valence-corrected chi connectivity index (χ1v) is 3.51. The molecule has 0 amide bonds. The van der Waals surface area contributed by atoms with Crippen molar-refractivity contribution in [2.45, 2.75) is 30.7 Å². The van der Waals surface area contributed by atoms with Gasteiger partial charge < -0.3 is 25.2 Å². The molecule has 72 valence electrons. The van der Waals surface area contributed by atoms with Crippen LogP contribution in [0.1, 0.15) is 0 Å². The van der Waals surface area contributed by atoms with E-state index in [0.29, 0.717) is 0 Å². The zero-order valence-corrected chi connectivity index (χ0v) is 6.17. The van der Waals surface area contributed by atoms with Crippen LogP contribution in [-0.4, -0.2) is 57.8 Å². The second-order valence-corrected chi connectivity index (χ2v) is 2.69. The van der Waals surface area contributed by atoms with Gasteiger partial charge in [-0.25, -0.2) is 4.39 Å². The maximum atomic E-state index is 12.0. The van der Waals surface area contributed by atoms with E-state index < -0.39 is 37.4 Å². The van der Waals surface area contributed by atoms with Gasteiger partial charge in [0.2, 0.25) is 0 Å². The predicted octanol–water partition coefficient (Wildman–Crippen LogP) is -2.24. The van der Waals surface area contributed by atoms with E-state index in [1.165, 1.54) is 0 Å². The first-order chi connectivity index (χ1) is 5.57. The standard InChI is InChI=1S/C6H11FO5/c7-1-2-3(8)4(9)5(10)6(11)12-2/h2-6,8-11H,1H2/t2?,3-,4?,5?,6-/m1/s1. The van der Waals surface area contributed by atoms with Crippen molar-refractivity contribution in [2.24, 2.45) is 0 Å². The molecule has 0 spiro atoms. The van der Waals surface area contributed by atoms with Crippen LogP contribution >= 0.6 is 0 Å². The Morgan fingerprint density at radius 1 is 1.00 bits per heavy atom. The number of aliphatic hydroxyl groups is 4. The third-order valence-corrected chi connectivity index (χ3v) is 1.84. The number of hydrogen-bond acceptors (Lipinski definition) is 5. The van der Waals surface area contributed by atoms with Gasteiger partial charge in [0.15, 0.2) is 6.29 Å². The molecule has 4 N–H and O–H groups in total. The molecule has 1 aliphatic rings. The van der Waals surface area contributed by atoms with Crippen LogP contribution in [-0.2, 0) is 4.74 Å². The molecule has 5 nitrogen and oxygen atoms in total. The van der Waals surface area contributed by atoms with Crippen LogP contribution in [0.4, 0.5) is 4.39 Å². The lowest BCUT2D eigenvalue weighted by atomic mass is 10.00. The highest BCUT2D eigenvalue weighted by molar-refractivity contribution is 4.88. The van der Waals surface area contributed by atoms with Crippen LogP contribution in [0.25, 0.3) is 0 Å². The summed E-state index contributed by atoms with van der Waals surface area (Å²) in [6.07, 6.45) is -7.60. The van der Waals surface area contributed by atoms with Gasteiger partial charge in [-0.1, -0.05) is 0 Å². The summed E-state index contributed by atoms with van der Waals surface area (Å²) < 4.78 is 16.5. The minimum atomic E-state index is -1.65. The molecule has 1 aliphatic heterocycles. The zero-order valence-electron chi connectivity index (χ0n) is 6.17. The van der Waals surface area contributed by atoms with Crippen LogP contribution < -0.4 is 0 Å².